The van der Waals surface area contributed by atoms with Crippen molar-refractivity contribution in [1.82, 2.24) is 24.8 Å². The molecule has 0 bridgehead atoms. The Balaban J connectivity index is 1.28. The molecule has 166 valence electrons. The number of hydrogen-bond donors (Lipinski definition) is 1. The van der Waals surface area contributed by atoms with E-state index in [9.17, 15) is 4.79 Å². The van der Waals surface area contributed by atoms with Crippen LogP contribution in [0.5, 0.6) is 0 Å². The number of rotatable bonds is 5. The molecule has 1 saturated heterocycles. The van der Waals surface area contributed by atoms with Crippen LogP contribution in [0.3, 0.4) is 0 Å². The van der Waals surface area contributed by atoms with Crippen LogP contribution in [0.15, 0.2) is 35.7 Å². The molecule has 0 aliphatic carbocycles. The van der Waals surface area contributed by atoms with Crippen LogP contribution in [-0.2, 0) is 19.4 Å². The van der Waals surface area contributed by atoms with E-state index < -0.39 is 0 Å². The van der Waals surface area contributed by atoms with Crippen LogP contribution < -0.4 is 5.32 Å². The number of nitrogens with zero attached hydrogens (tertiary/aromatic N) is 5. The summed E-state index contributed by atoms with van der Waals surface area (Å²) in [4.78, 5) is 31.7. The summed E-state index contributed by atoms with van der Waals surface area (Å²) < 4.78 is 0. The number of benzene rings is 1. The predicted octanol–water partition coefficient (Wildman–Crippen LogP) is 3.18. The molecule has 0 saturated carbocycles. The average Bonchev–Trinajstić information content (AvgIpc) is 3.49. The van der Waals surface area contributed by atoms with Crippen molar-refractivity contribution < 1.29 is 4.79 Å². The summed E-state index contributed by atoms with van der Waals surface area (Å²) >= 11 is 1.55. The minimum atomic E-state index is 0.0106. The molecular formula is C24H28N6OS. The fraction of sp³-hybridized carbons (Fsp3) is 0.417. The van der Waals surface area contributed by atoms with E-state index in [-0.39, 0.29) is 11.8 Å². The van der Waals surface area contributed by atoms with Crippen molar-refractivity contribution in [3.63, 3.8) is 0 Å². The van der Waals surface area contributed by atoms with Gasteiger partial charge in [-0.25, -0.2) is 15.0 Å². The molecule has 3 aromatic rings. The lowest BCUT2D eigenvalue weighted by Gasteiger charge is -2.26. The fourth-order valence-electron chi connectivity index (χ4n) is 4.54. The van der Waals surface area contributed by atoms with Gasteiger partial charge in [-0.15, -0.1) is 11.3 Å². The third-order valence-corrected chi connectivity index (χ3v) is 7.16. The zero-order valence-electron chi connectivity index (χ0n) is 18.5. The van der Waals surface area contributed by atoms with Crippen molar-refractivity contribution >= 4 is 23.1 Å². The van der Waals surface area contributed by atoms with Crippen molar-refractivity contribution in [3.8, 4) is 0 Å². The van der Waals surface area contributed by atoms with E-state index in [2.05, 4.69) is 34.4 Å². The third-order valence-electron chi connectivity index (χ3n) is 6.31. The summed E-state index contributed by atoms with van der Waals surface area (Å²) in [5.41, 5.74) is 4.10. The van der Waals surface area contributed by atoms with Crippen LogP contribution in [0.25, 0.3) is 0 Å². The van der Waals surface area contributed by atoms with E-state index in [0.29, 0.717) is 18.8 Å². The molecule has 0 unspecified atom stereocenters. The first-order valence-electron chi connectivity index (χ1n) is 11.1. The van der Waals surface area contributed by atoms with E-state index in [4.69, 9.17) is 9.97 Å². The SMILES string of the molecule is CNc1nc([C@@H]2CCN(C(=O)c3csc(Cc4ccccc4)n3)C2)nc2c1CN(C)CC2. The lowest BCUT2D eigenvalue weighted by Crippen LogP contribution is -2.30. The molecular weight excluding hydrogens is 420 g/mol. The Labute approximate surface area is 192 Å². The van der Waals surface area contributed by atoms with E-state index in [1.807, 2.05) is 35.5 Å². The molecule has 1 N–H and O–H groups in total. The van der Waals surface area contributed by atoms with Crippen LogP contribution in [-0.4, -0.2) is 64.4 Å². The Bertz CT molecular complexity index is 1100. The van der Waals surface area contributed by atoms with Crippen molar-refractivity contribution in [2.75, 3.05) is 39.0 Å². The number of fused-ring (bicyclic) bond motifs is 1. The van der Waals surface area contributed by atoms with Gasteiger partial charge in [0.15, 0.2) is 0 Å². The largest absolute Gasteiger partial charge is 0.373 e. The molecule has 2 aromatic heterocycles. The minimum Gasteiger partial charge on any atom is -0.373 e. The summed E-state index contributed by atoms with van der Waals surface area (Å²) in [7, 11) is 4.04. The second-order valence-electron chi connectivity index (χ2n) is 8.62. The summed E-state index contributed by atoms with van der Waals surface area (Å²) in [5.74, 6) is 1.96. The molecule has 1 fully saturated rings. The van der Waals surface area contributed by atoms with E-state index in [1.165, 1.54) is 11.1 Å². The number of carbonyl (C=O) groups excluding carboxylic acids is 1. The Morgan fingerprint density at radius 1 is 1.19 bits per heavy atom. The van der Waals surface area contributed by atoms with E-state index >= 15 is 0 Å². The van der Waals surface area contributed by atoms with E-state index in [0.717, 1.165) is 54.7 Å². The van der Waals surface area contributed by atoms with Crippen LogP contribution in [0.2, 0.25) is 0 Å². The molecule has 1 aromatic carbocycles. The lowest BCUT2D eigenvalue weighted by atomic mass is 10.0. The highest BCUT2D eigenvalue weighted by molar-refractivity contribution is 7.09. The zero-order valence-corrected chi connectivity index (χ0v) is 19.4. The molecule has 4 heterocycles. The van der Waals surface area contributed by atoms with Gasteiger partial charge in [0.2, 0.25) is 0 Å². The number of hydrogen-bond acceptors (Lipinski definition) is 7. The highest BCUT2D eigenvalue weighted by atomic mass is 32.1. The molecule has 7 nitrogen and oxygen atoms in total. The van der Waals surface area contributed by atoms with Crippen molar-refractivity contribution in [3.05, 3.63) is 69.1 Å². The fourth-order valence-corrected chi connectivity index (χ4v) is 5.34. The number of likely N-dealkylation sites (tertiary alicyclic amines) is 1. The topological polar surface area (TPSA) is 74.2 Å². The smallest absolute Gasteiger partial charge is 0.273 e. The Morgan fingerprint density at radius 2 is 2.03 bits per heavy atom. The van der Waals surface area contributed by atoms with Gasteiger partial charge in [-0.1, -0.05) is 30.3 Å². The number of aromatic nitrogens is 3. The van der Waals surface area contributed by atoms with Crippen molar-refractivity contribution in [2.45, 2.75) is 31.7 Å². The third kappa shape index (κ3) is 4.25. The maximum atomic E-state index is 13.1. The van der Waals surface area contributed by atoms with Crippen LogP contribution in [0.4, 0.5) is 5.82 Å². The van der Waals surface area contributed by atoms with Crippen LogP contribution >= 0.6 is 11.3 Å². The molecule has 1 atom stereocenters. The van der Waals surface area contributed by atoms with Gasteiger partial charge in [-0.3, -0.25) is 4.79 Å². The summed E-state index contributed by atoms with van der Waals surface area (Å²) in [6.07, 6.45) is 2.58. The Kier molecular flexibility index (Phi) is 5.89. The standard InChI is InChI=1S/C24H28N6OS/c1-25-23-18-14-29(2)10-9-19(18)27-22(28-23)17-8-11-30(13-17)24(31)20-15-32-21(26-20)12-16-6-4-3-5-7-16/h3-7,15,17H,8-14H2,1-2H3,(H,25,27,28)/t17-/m1/s1. The Hall–Kier alpha value is -2.84. The number of carbonyl (C=O) groups is 1. The monoisotopic (exact) mass is 448 g/mol. The lowest BCUT2D eigenvalue weighted by molar-refractivity contribution is 0.0785. The van der Waals surface area contributed by atoms with Gasteiger partial charge in [0.05, 0.1) is 10.7 Å². The first-order valence-corrected chi connectivity index (χ1v) is 12.0. The summed E-state index contributed by atoms with van der Waals surface area (Å²) in [6.45, 7) is 3.24. The first-order chi connectivity index (χ1) is 15.6. The highest BCUT2D eigenvalue weighted by Crippen LogP contribution is 2.30. The number of anilines is 1. The summed E-state index contributed by atoms with van der Waals surface area (Å²) in [5, 5.41) is 6.11. The van der Waals surface area contributed by atoms with Gasteiger partial charge >= 0.3 is 0 Å². The molecule has 0 radical (unpaired) electrons. The second-order valence-corrected chi connectivity index (χ2v) is 9.56. The predicted molar refractivity (Wildman–Crippen MR) is 126 cm³/mol. The second kappa shape index (κ2) is 8.96. The quantitative estimate of drug-likeness (QED) is 0.646. The maximum absolute atomic E-state index is 13.1. The highest BCUT2D eigenvalue weighted by Gasteiger charge is 2.32. The van der Waals surface area contributed by atoms with Gasteiger partial charge in [0, 0.05) is 62.9 Å². The molecule has 2 aliphatic rings. The number of thiazole rings is 1. The van der Waals surface area contributed by atoms with Gasteiger partial charge < -0.3 is 15.1 Å². The number of nitrogens with one attached hydrogen (secondary N) is 1. The average molecular weight is 449 g/mol. The van der Waals surface area contributed by atoms with Crippen molar-refractivity contribution in [2.24, 2.45) is 0 Å². The van der Waals surface area contributed by atoms with E-state index in [1.54, 1.807) is 11.3 Å². The molecule has 32 heavy (non-hydrogen) atoms. The van der Waals surface area contributed by atoms with Crippen molar-refractivity contribution in [1.29, 1.82) is 0 Å². The van der Waals surface area contributed by atoms with Crippen LogP contribution in [0.1, 0.15) is 50.5 Å². The normalized spacial score (nSPS) is 18.6. The van der Waals surface area contributed by atoms with Gasteiger partial charge in [0.1, 0.15) is 17.3 Å². The molecule has 2 aliphatic heterocycles. The van der Waals surface area contributed by atoms with Gasteiger partial charge in [-0.05, 0) is 19.0 Å². The van der Waals surface area contributed by atoms with Gasteiger partial charge in [-0.2, -0.15) is 0 Å². The molecule has 5 rings (SSSR count). The maximum Gasteiger partial charge on any atom is 0.273 e. The zero-order chi connectivity index (χ0) is 22.1. The first kappa shape index (κ1) is 21.0. The molecule has 0 spiro atoms. The Morgan fingerprint density at radius 3 is 2.84 bits per heavy atom. The molecule has 1 amide bonds. The summed E-state index contributed by atoms with van der Waals surface area (Å²) in [6, 6.07) is 10.2. The molecule has 8 heteroatoms. The number of likely N-dealkylation sites (N-methyl/N-ethyl adjacent to an activating group) is 1. The van der Waals surface area contributed by atoms with Gasteiger partial charge in [0.25, 0.3) is 5.91 Å². The number of amides is 1. The van der Waals surface area contributed by atoms with Crippen LogP contribution in [0, 0.1) is 0 Å². The minimum absolute atomic E-state index is 0.0106.